The third-order valence-corrected chi connectivity index (χ3v) is 7.12. The smallest absolute Gasteiger partial charge is 0.299 e. The summed E-state index contributed by atoms with van der Waals surface area (Å²) in [6.45, 7) is 3.53. The number of rotatable bonds is 4. The lowest BCUT2D eigenvalue weighted by atomic mass is 10.0. The second-order valence-corrected chi connectivity index (χ2v) is 8.58. The molecule has 1 saturated heterocycles. The van der Waals surface area contributed by atoms with E-state index in [0.717, 1.165) is 5.56 Å². The predicted molar refractivity (Wildman–Crippen MR) is 87.5 cm³/mol. The molecule has 0 unspecified atom stereocenters. The van der Waals surface area contributed by atoms with Crippen LogP contribution in [-0.4, -0.2) is 36.5 Å². The first-order chi connectivity index (χ1) is 10.8. The molecule has 126 valence electrons. The molecule has 0 amide bonds. The first-order valence-corrected chi connectivity index (χ1v) is 9.25. The van der Waals surface area contributed by atoms with Gasteiger partial charge in [-0.05, 0) is 38.7 Å². The molecule has 1 heterocycles. The van der Waals surface area contributed by atoms with Crippen molar-refractivity contribution in [2.24, 2.45) is 4.99 Å². The quantitative estimate of drug-likeness (QED) is 0.875. The third-order valence-electron chi connectivity index (χ3n) is 4.75. The topological polar surface area (TPSA) is 88.0 Å². The maximum atomic E-state index is 12.5. The molecule has 1 atom stereocenters. The van der Waals surface area contributed by atoms with E-state index >= 15 is 0 Å². The molecule has 2 aliphatic rings. The summed E-state index contributed by atoms with van der Waals surface area (Å²) >= 11 is 0. The number of nitrogens with zero attached hydrogens (tertiary/aromatic N) is 1. The summed E-state index contributed by atoms with van der Waals surface area (Å²) in [5.74, 6) is 0. The van der Waals surface area contributed by atoms with Gasteiger partial charge >= 0.3 is 0 Å². The van der Waals surface area contributed by atoms with Crippen LogP contribution in [0.15, 0.2) is 35.3 Å². The minimum absolute atomic E-state index is 0.00910. The second-order valence-electron chi connectivity index (χ2n) is 6.59. The molecule has 1 aromatic carbocycles. The number of nitrogens with one attached hydrogen (secondary N) is 1. The largest absolute Gasteiger partial charge is 0.457 e. The summed E-state index contributed by atoms with van der Waals surface area (Å²) in [4.78, 5) is 4.42. The Bertz CT molecular complexity index is 709. The van der Waals surface area contributed by atoms with Gasteiger partial charge in [0.2, 0.25) is 10.0 Å². The number of sulfonamides is 1. The van der Waals surface area contributed by atoms with Crippen LogP contribution in [0, 0.1) is 0 Å². The van der Waals surface area contributed by atoms with Crippen LogP contribution in [0.3, 0.4) is 0 Å². The number of aliphatic hydroxyl groups is 1. The van der Waals surface area contributed by atoms with Crippen molar-refractivity contribution in [3.05, 3.63) is 35.9 Å². The average Bonchev–Trinajstić information content (AvgIpc) is 3.28. The van der Waals surface area contributed by atoms with E-state index in [4.69, 9.17) is 4.74 Å². The van der Waals surface area contributed by atoms with Gasteiger partial charge in [-0.1, -0.05) is 30.3 Å². The van der Waals surface area contributed by atoms with Crippen molar-refractivity contribution in [3.63, 3.8) is 0 Å². The molecule has 1 aliphatic heterocycles. The van der Waals surface area contributed by atoms with Gasteiger partial charge in [-0.15, -0.1) is 0 Å². The SMILES string of the molecule is CC1(C)OC(=N[C@@H](CCO)c2ccccc2)NS(=O)(=O)C12CC2. The van der Waals surface area contributed by atoms with Crippen molar-refractivity contribution in [1.82, 2.24) is 4.72 Å². The van der Waals surface area contributed by atoms with Crippen molar-refractivity contribution in [3.8, 4) is 0 Å². The van der Waals surface area contributed by atoms with E-state index in [9.17, 15) is 13.5 Å². The van der Waals surface area contributed by atoms with Crippen molar-refractivity contribution < 1.29 is 18.3 Å². The van der Waals surface area contributed by atoms with Crippen LogP contribution in [0.5, 0.6) is 0 Å². The first kappa shape index (κ1) is 16.3. The Hall–Kier alpha value is -1.60. The molecule has 1 aromatic rings. The van der Waals surface area contributed by atoms with Gasteiger partial charge in [0.05, 0.1) is 6.04 Å². The van der Waals surface area contributed by atoms with Gasteiger partial charge in [-0.25, -0.2) is 18.1 Å². The van der Waals surface area contributed by atoms with Gasteiger partial charge in [-0.3, -0.25) is 0 Å². The molecule has 6 nitrogen and oxygen atoms in total. The highest BCUT2D eigenvalue weighted by atomic mass is 32.2. The van der Waals surface area contributed by atoms with Gasteiger partial charge in [0, 0.05) is 6.61 Å². The fraction of sp³-hybridized carbons (Fsp3) is 0.562. The van der Waals surface area contributed by atoms with E-state index in [1.165, 1.54) is 0 Å². The molecule has 0 aromatic heterocycles. The number of amidine groups is 1. The second kappa shape index (κ2) is 5.49. The summed E-state index contributed by atoms with van der Waals surface area (Å²) in [5, 5.41) is 9.28. The van der Waals surface area contributed by atoms with E-state index in [0.29, 0.717) is 19.3 Å². The molecular weight excluding hydrogens is 316 g/mol. The summed E-state index contributed by atoms with van der Waals surface area (Å²) in [5.41, 5.74) is 0.0810. The number of aliphatic imine (C=N–C) groups is 1. The summed E-state index contributed by atoms with van der Waals surface area (Å²) in [6.07, 6.45) is 1.59. The molecule has 1 saturated carbocycles. The van der Waals surface area contributed by atoms with Crippen molar-refractivity contribution in [2.75, 3.05) is 6.61 Å². The molecule has 1 spiro atoms. The van der Waals surface area contributed by atoms with Gasteiger partial charge in [0.15, 0.2) is 0 Å². The molecule has 23 heavy (non-hydrogen) atoms. The fourth-order valence-corrected chi connectivity index (χ4v) is 5.02. The molecule has 2 N–H and O–H groups in total. The maximum absolute atomic E-state index is 12.5. The number of ether oxygens (including phenoxy) is 1. The van der Waals surface area contributed by atoms with Crippen LogP contribution in [0.4, 0.5) is 0 Å². The van der Waals surface area contributed by atoms with Gasteiger partial charge in [0.1, 0.15) is 10.3 Å². The number of aliphatic hydroxyl groups excluding tert-OH is 1. The highest BCUT2D eigenvalue weighted by Crippen LogP contribution is 2.54. The van der Waals surface area contributed by atoms with E-state index in [1.54, 1.807) is 13.8 Å². The summed E-state index contributed by atoms with van der Waals surface area (Å²) < 4.78 is 32.6. The van der Waals surface area contributed by atoms with E-state index in [1.807, 2.05) is 30.3 Å². The Morgan fingerprint density at radius 1 is 1.30 bits per heavy atom. The van der Waals surface area contributed by atoms with Crippen LogP contribution in [0.25, 0.3) is 0 Å². The Morgan fingerprint density at radius 2 is 1.96 bits per heavy atom. The van der Waals surface area contributed by atoms with Crippen molar-refractivity contribution in [2.45, 2.75) is 49.5 Å². The Labute approximate surface area is 136 Å². The van der Waals surface area contributed by atoms with Gasteiger partial charge < -0.3 is 9.84 Å². The zero-order valence-electron chi connectivity index (χ0n) is 13.3. The van der Waals surface area contributed by atoms with Crippen molar-refractivity contribution in [1.29, 1.82) is 0 Å². The number of hydrogen-bond acceptors (Lipinski definition) is 5. The lowest BCUT2D eigenvalue weighted by Gasteiger charge is -2.40. The maximum Gasteiger partial charge on any atom is 0.299 e. The molecular formula is C16H22N2O4S. The lowest BCUT2D eigenvalue weighted by Crippen LogP contribution is -2.60. The highest BCUT2D eigenvalue weighted by molar-refractivity contribution is 7.91. The normalized spacial score (nSPS) is 26.3. The molecule has 1 aliphatic carbocycles. The van der Waals surface area contributed by atoms with Crippen LogP contribution in [0.1, 0.15) is 44.7 Å². The molecule has 7 heteroatoms. The Morgan fingerprint density at radius 3 is 2.48 bits per heavy atom. The van der Waals surface area contributed by atoms with Crippen LogP contribution in [0.2, 0.25) is 0 Å². The van der Waals surface area contributed by atoms with E-state index in [2.05, 4.69) is 9.71 Å². The van der Waals surface area contributed by atoms with Crippen LogP contribution in [-0.2, 0) is 14.8 Å². The highest BCUT2D eigenvalue weighted by Gasteiger charge is 2.68. The minimum Gasteiger partial charge on any atom is -0.457 e. The molecule has 2 fully saturated rings. The van der Waals surface area contributed by atoms with E-state index < -0.39 is 20.4 Å². The van der Waals surface area contributed by atoms with E-state index in [-0.39, 0.29) is 18.7 Å². The van der Waals surface area contributed by atoms with Gasteiger partial charge in [-0.2, -0.15) is 0 Å². The monoisotopic (exact) mass is 338 g/mol. The summed E-state index contributed by atoms with van der Waals surface area (Å²) in [7, 11) is -3.52. The van der Waals surface area contributed by atoms with Crippen molar-refractivity contribution >= 4 is 16.0 Å². The zero-order chi connectivity index (χ0) is 16.7. The molecule has 0 radical (unpaired) electrons. The summed E-state index contributed by atoms with van der Waals surface area (Å²) in [6, 6.07) is 9.11. The molecule has 3 rings (SSSR count). The van der Waals surface area contributed by atoms with Crippen LogP contribution >= 0.6 is 0 Å². The zero-order valence-corrected chi connectivity index (χ0v) is 14.1. The third kappa shape index (κ3) is 2.72. The Kier molecular flexibility index (Phi) is 3.88. The van der Waals surface area contributed by atoms with Crippen LogP contribution < -0.4 is 4.72 Å². The minimum atomic E-state index is -3.52. The number of hydrogen-bond donors (Lipinski definition) is 2. The Balaban J connectivity index is 1.92. The lowest BCUT2D eigenvalue weighted by molar-refractivity contribution is 0.0679. The fourth-order valence-electron chi connectivity index (χ4n) is 3.17. The number of benzene rings is 1. The standard InChI is InChI=1S/C16H22N2O4S/c1-15(2)16(9-10-16)23(20,21)18-14(22-15)17-13(8-11-19)12-6-4-3-5-7-12/h3-7,13,19H,8-11H2,1-2H3,(H,17,18)/t13-/m0/s1. The first-order valence-electron chi connectivity index (χ1n) is 7.76. The average molecular weight is 338 g/mol. The predicted octanol–water partition coefficient (Wildman–Crippen LogP) is 1.73. The van der Waals surface area contributed by atoms with Gasteiger partial charge in [0.25, 0.3) is 6.02 Å². The molecule has 0 bridgehead atoms.